The van der Waals surface area contributed by atoms with Crippen LogP contribution in [0.15, 0.2) is 34.8 Å². The number of nitrogens with zero attached hydrogens (tertiary/aromatic N) is 2. The number of hydrogen-bond acceptors (Lipinski definition) is 4. The second kappa shape index (κ2) is 5.79. The molecular weight excluding hydrogens is 316 g/mol. The number of hydrogen-bond donors (Lipinski definition) is 2. The fraction of sp³-hybridized carbons (Fsp3) is 0.333. The highest BCUT2D eigenvalue weighted by Crippen LogP contribution is 2.38. The summed E-state index contributed by atoms with van der Waals surface area (Å²) in [5, 5.41) is 6.47. The van der Waals surface area contributed by atoms with Gasteiger partial charge in [-0.3, -0.25) is 0 Å². The van der Waals surface area contributed by atoms with Gasteiger partial charge in [0.25, 0.3) is 0 Å². The summed E-state index contributed by atoms with van der Waals surface area (Å²) in [6.07, 6.45) is 2.41. The molecule has 20 heavy (non-hydrogen) atoms. The first kappa shape index (κ1) is 13.4. The van der Waals surface area contributed by atoms with Gasteiger partial charge < -0.3 is 10.6 Å². The minimum Gasteiger partial charge on any atom is -0.373 e. The topological polar surface area (TPSA) is 49.8 Å². The smallest absolute Gasteiger partial charge is 0.136 e. The lowest BCUT2D eigenvalue weighted by Gasteiger charge is -2.10. The van der Waals surface area contributed by atoms with E-state index in [1.54, 1.807) is 0 Å². The molecule has 1 heterocycles. The van der Waals surface area contributed by atoms with Gasteiger partial charge >= 0.3 is 0 Å². The van der Waals surface area contributed by atoms with Crippen molar-refractivity contribution in [1.29, 1.82) is 0 Å². The average molecular weight is 333 g/mol. The highest BCUT2D eigenvalue weighted by molar-refractivity contribution is 9.10. The summed E-state index contributed by atoms with van der Waals surface area (Å²) in [7, 11) is 1.89. The quantitative estimate of drug-likeness (QED) is 0.875. The maximum absolute atomic E-state index is 4.61. The first-order valence-electron chi connectivity index (χ1n) is 6.79. The Kier molecular flexibility index (Phi) is 3.87. The number of benzene rings is 1. The molecule has 2 N–H and O–H groups in total. The van der Waals surface area contributed by atoms with E-state index in [9.17, 15) is 0 Å². The van der Waals surface area contributed by atoms with Crippen molar-refractivity contribution in [3.63, 3.8) is 0 Å². The molecule has 1 aliphatic rings. The molecule has 0 saturated heterocycles. The van der Waals surface area contributed by atoms with Gasteiger partial charge in [0.2, 0.25) is 0 Å². The summed E-state index contributed by atoms with van der Waals surface area (Å²) in [6, 6.07) is 10.2. The highest BCUT2D eigenvalue weighted by atomic mass is 79.9. The number of nitrogens with one attached hydrogen (secondary N) is 2. The molecule has 1 aromatic heterocycles. The molecule has 0 radical (unpaired) electrons. The molecule has 5 heteroatoms. The van der Waals surface area contributed by atoms with Gasteiger partial charge in [0.05, 0.1) is 0 Å². The van der Waals surface area contributed by atoms with Gasteiger partial charge in [0, 0.05) is 30.0 Å². The van der Waals surface area contributed by atoms with Crippen molar-refractivity contribution >= 4 is 27.6 Å². The van der Waals surface area contributed by atoms with Crippen LogP contribution in [0, 0.1) is 0 Å². The lowest BCUT2D eigenvalue weighted by atomic mass is 10.2. The van der Waals surface area contributed by atoms with Crippen LogP contribution in [0.3, 0.4) is 0 Å². The zero-order valence-electron chi connectivity index (χ0n) is 11.4. The van der Waals surface area contributed by atoms with E-state index in [0.717, 1.165) is 28.5 Å². The standard InChI is InChI=1S/C15H17BrN4/c1-17-13-8-14(20-15(19-13)11-5-6-11)18-9-10-3-2-4-12(16)7-10/h2-4,7-8,11H,5-6,9H2,1H3,(H2,17,18,19,20). The van der Waals surface area contributed by atoms with Gasteiger partial charge in [-0.1, -0.05) is 28.1 Å². The molecule has 104 valence electrons. The molecule has 0 spiro atoms. The second-order valence-electron chi connectivity index (χ2n) is 5.00. The third-order valence-corrected chi connectivity index (χ3v) is 3.80. The van der Waals surface area contributed by atoms with Crippen molar-refractivity contribution in [2.24, 2.45) is 0 Å². The van der Waals surface area contributed by atoms with Crippen LogP contribution in [0.5, 0.6) is 0 Å². The minimum absolute atomic E-state index is 0.551. The van der Waals surface area contributed by atoms with E-state index in [0.29, 0.717) is 5.92 Å². The average Bonchev–Trinajstić information content (AvgIpc) is 3.29. The molecule has 1 aliphatic carbocycles. The van der Waals surface area contributed by atoms with Gasteiger partial charge in [-0.05, 0) is 30.5 Å². The lowest BCUT2D eigenvalue weighted by molar-refractivity contribution is 0.923. The molecule has 0 unspecified atom stereocenters. The van der Waals surface area contributed by atoms with Crippen LogP contribution >= 0.6 is 15.9 Å². The van der Waals surface area contributed by atoms with E-state index in [-0.39, 0.29) is 0 Å². The number of rotatable bonds is 5. The van der Waals surface area contributed by atoms with Gasteiger partial charge in [-0.15, -0.1) is 0 Å². The van der Waals surface area contributed by atoms with Crippen LogP contribution in [0.4, 0.5) is 11.6 Å². The largest absolute Gasteiger partial charge is 0.373 e. The number of halogens is 1. The molecule has 0 amide bonds. The zero-order valence-corrected chi connectivity index (χ0v) is 12.9. The van der Waals surface area contributed by atoms with E-state index in [1.807, 2.05) is 25.2 Å². The Hall–Kier alpha value is -1.62. The Morgan fingerprint density at radius 1 is 1.20 bits per heavy atom. The molecule has 0 bridgehead atoms. The molecule has 1 aromatic carbocycles. The van der Waals surface area contributed by atoms with E-state index in [4.69, 9.17) is 0 Å². The Labute approximate surface area is 127 Å². The van der Waals surface area contributed by atoms with Crippen LogP contribution in [-0.2, 0) is 6.54 Å². The third-order valence-electron chi connectivity index (χ3n) is 3.30. The maximum Gasteiger partial charge on any atom is 0.136 e. The summed E-state index contributed by atoms with van der Waals surface area (Å²) in [6.45, 7) is 0.754. The van der Waals surface area contributed by atoms with Crippen molar-refractivity contribution in [2.75, 3.05) is 17.7 Å². The van der Waals surface area contributed by atoms with Gasteiger partial charge in [0.1, 0.15) is 17.5 Å². The fourth-order valence-electron chi connectivity index (χ4n) is 2.05. The van der Waals surface area contributed by atoms with Crippen molar-refractivity contribution in [1.82, 2.24) is 9.97 Å². The molecule has 3 rings (SSSR count). The van der Waals surface area contributed by atoms with E-state index in [1.165, 1.54) is 18.4 Å². The molecule has 4 nitrogen and oxygen atoms in total. The highest BCUT2D eigenvalue weighted by Gasteiger charge is 2.27. The Morgan fingerprint density at radius 2 is 2.00 bits per heavy atom. The molecule has 1 saturated carbocycles. The predicted molar refractivity (Wildman–Crippen MR) is 85.0 cm³/mol. The SMILES string of the molecule is CNc1cc(NCc2cccc(Br)c2)nc(C2CC2)n1. The molecule has 2 aromatic rings. The van der Waals surface area contributed by atoms with Crippen LogP contribution in [0.1, 0.15) is 30.1 Å². The third kappa shape index (κ3) is 3.28. The molecular formula is C15H17BrN4. The number of aromatic nitrogens is 2. The molecule has 1 fully saturated rings. The summed E-state index contributed by atoms with van der Waals surface area (Å²) >= 11 is 3.49. The summed E-state index contributed by atoms with van der Waals surface area (Å²) in [4.78, 5) is 9.12. The van der Waals surface area contributed by atoms with Crippen LogP contribution in [-0.4, -0.2) is 17.0 Å². The van der Waals surface area contributed by atoms with Crippen LogP contribution in [0.25, 0.3) is 0 Å². The van der Waals surface area contributed by atoms with Crippen LogP contribution < -0.4 is 10.6 Å². The van der Waals surface area contributed by atoms with Gasteiger partial charge in [-0.25, -0.2) is 9.97 Å². The maximum atomic E-state index is 4.61. The van der Waals surface area contributed by atoms with Crippen molar-refractivity contribution < 1.29 is 0 Å². The summed E-state index contributed by atoms with van der Waals surface area (Å²) in [5.74, 6) is 3.26. The minimum atomic E-state index is 0.551. The Morgan fingerprint density at radius 3 is 2.70 bits per heavy atom. The normalized spacial score (nSPS) is 14.1. The first-order chi connectivity index (χ1) is 9.74. The first-order valence-corrected chi connectivity index (χ1v) is 7.59. The van der Waals surface area contributed by atoms with Crippen LogP contribution in [0.2, 0.25) is 0 Å². The van der Waals surface area contributed by atoms with Crippen molar-refractivity contribution in [3.8, 4) is 0 Å². The Balaban J connectivity index is 1.74. The lowest BCUT2D eigenvalue weighted by Crippen LogP contribution is -2.06. The van der Waals surface area contributed by atoms with Crippen molar-refractivity contribution in [2.45, 2.75) is 25.3 Å². The van der Waals surface area contributed by atoms with E-state index >= 15 is 0 Å². The van der Waals surface area contributed by atoms with E-state index in [2.05, 4.69) is 48.7 Å². The molecule has 0 aliphatic heterocycles. The van der Waals surface area contributed by atoms with Gasteiger partial charge in [-0.2, -0.15) is 0 Å². The summed E-state index contributed by atoms with van der Waals surface area (Å²) < 4.78 is 1.09. The fourth-order valence-corrected chi connectivity index (χ4v) is 2.49. The molecule has 0 atom stereocenters. The van der Waals surface area contributed by atoms with Gasteiger partial charge in [0.15, 0.2) is 0 Å². The predicted octanol–water partition coefficient (Wildman–Crippen LogP) is 3.77. The Bertz CT molecular complexity index is 611. The van der Waals surface area contributed by atoms with E-state index < -0.39 is 0 Å². The monoisotopic (exact) mass is 332 g/mol. The number of anilines is 2. The zero-order chi connectivity index (χ0) is 13.9. The second-order valence-corrected chi connectivity index (χ2v) is 5.92. The van der Waals surface area contributed by atoms with Crippen molar-refractivity contribution in [3.05, 3.63) is 46.2 Å². The summed E-state index contributed by atoms with van der Waals surface area (Å²) in [5.41, 5.74) is 1.22.